The molecule has 1 fully saturated rings. The number of hydroxylamine groups is 2. The number of amides is 2. The minimum absolute atomic E-state index is 0.110. The predicted molar refractivity (Wildman–Crippen MR) is 125 cm³/mol. The number of methoxy groups -OCH3 is 2. The Hall–Kier alpha value is -2.05. The molecule has 0 unspecified atom stereocenters. The molecule has 11 heteroatoms. The number of ether oxygens (including phenoxy) is 2. The van der Waals surface area contributed by atoms with Gasteiger partial charge in [0, 0.05) is 13.7 Å². The smallest absolute Gasteiger partial charge is 0.273 e. The molecule has 1 aliphatic rings. The lowest BCUT2D eigenvalue weighted by Gasteiger charge is -2.47. The molecule has 0 aromatic heterocycles. The van der Waals surface area contributed by atoms with E-state index in [9.17, 15) is 18.0 Å². The first-order valence-corrected chi connectivity index (χ1v) is 13.0. The minimum Gasteiger partial charge on any atom is -0.497 e. The Kier molecular flexibility index (Phi) is 10.0. The van der Waals surface area contributed by atoms with Gasteiger partial charge < -0.3 is 9.47 Å². The van der Waals surface area contributed by atoms with Crippen LogP contribution in [0.15, 0.2) is 24.3 Å². The van der Waals surface area contributed by atoms with Crippen LogP contribution < -0.4 is 4.74 Å². The normalized spacial score (nSPS) is 20.9. The Morgan fingerprint density at radius 3 is 2.09 bits per heavy atom. The van der Waals surface area contributed by atoms with Crippen LogP contribution in [0.3, 0.4) is 0 Å². The summed E-state index contributed by atoms with van der Waals surface area (Å²) < 4.78 is 39.8. The Morgan fingerprint density at radius 2 is 1.62 bits per heavy atom. The maximum atomic E-state index is 13.6. The first-order valence-electron chi connectivity index (χ1n) is 11.2. The third-order valence-electron chi connectivity index (χ3n) is 5.47. The lowest BCUT2D eigenvalue weighted by molar-refractivity contribution is -0.238. The molecule has 0 saturated carbocycles. The van der Waals surface area contributed by atoms with E-state index in [1.165, 1.54) is 7.11 Å². The highest BCUT2D eigenvalue weighted by Gasteiger charge is 2.52. The summed E-state index contributed by atoms with van der Waals surface area (Å²) in [6.45, 7) is 7.38. The van der Waals surface area contributed by atoms with Crippen molar-refractivity contribution in [2.75, 3.05) is 27.3 Å². The number of imide groups is 1. The zero-order valence-electron chi connectivity index (χ0n) is 20.9. The van der Waals surface area contributed by atoms with E-state index < -0.39 is 40.1 Å². The third-order valence-corrected chi connectivity index (χ3v) is 6.04. The predicted octanol–water partition coefficient (Wildman–Crippen LogP) is 2.19. The van der Waals surface area contributed by atoms with Crippen LogP contribution in [0, 0.1) is 11.8 Å². The molecule has 0 N–H and O–H groups in total. The maximum absolute atomic E-state index is 13.6. The van der Waals surface area contributed by atoms with Crippen LogP contribution in [0.1, 0.15) is 39.7 Å². The number of hydrogen-bond acceptors (Lipinski definition) is 9. The second kappa shape index (κ2) is 12.1. The Morgan fingerprint density at radius 1 is 1.00 bits per heavy atom. The topological polar surface area (TPSA) is 112 Å². The molecule has 0 bridgehead atoms. The molecule has 1 heterocycles. The van der Waals surface area contributed by atoms with Gasteiger partial charge in [-0.1, -0.05) is 39.8 Å². The first-order chi connectivity index (χ1) is 15.9. The zero-order chi connectivity index (χ0) is 25.6. The van der Waals surface area contributed by atoms with Crippen molar-refractivity contribution in [3.05, 3.63) is 29.8 Å². The van der Waals surface area contributed by atoms with Gasteiger partial charge in [0.25, 0.3) is 21.9 Å². The molecule has 34 heavy (non-hydrogen) atoms. The van der Waals surface area contributed by atoms with Crippen LogP contribution in [-0.4, -0.2) is 75.7 Å². The molecule has 2 amide bonds. The van der Waals surface area contributed by atoms with E-state index in [2.05, 4.69) is 0 Å². The van der Waals surface area contributed by atoms with E-state index in [4.69, 9.17) is 18.5 Å². The van der Waals surface area contributed by atoms with E-state index in [1.54, 1.807) is 38.0 Å². The molecule has 1 aromatic carbocycles. The van der Waals surface area contributed by atoms with Crippen LogP contribution in [0.25, 0.3) is 0 Å². The summed E-state index contributed by atoms with van der Waals surface area (Å²) in [7, 11) is -0.957. The average molecular weight is 501 g/mol. The molecular formula is C23H36N2O8S. The average Bonchev–Trinajstić information content (AvgIpc) is 2.75. The Balaban J connectivity index is 2.60. The van der Waals surface area contributed by atoms with Gasteiger partial charge in [-0.2, -0.15) is 8.42 Å². The summed E-state index contributed by atoms with van der Waals surface area (Å²) in [6.07, 6.45) is 0.325. The van der Waals surface area contributed by atoms with Gasteiger partial charge in [-0.25, -0.2) is 4.84 Å². The number of nitrogens with zero attached hydrogens (tertiary/aromatic N) is 2. The van der Waals surface area contributed by atoms with Crippen molar-refractivity contribution in [1.82, 2.24) is 9.96 Å². The van der Waals surface area contributed by atoms with Gasteiger partial charge >= 0.3 is 0 Å². The molecule has 192 valence electrons. The molecular weight excluding hydrogens is 464 g/mol. The minimum atomic E-state index is -3.90. The summed E-state index contributed by atoms with van der Waals surface area (Å²) in [4.78, 5) is 34.1. The number of benzene rings is 1. The molecule has 1 aliphatic heterocycles. The maximum Gasteiger partial charge on any atom is 0.273 e. The standard InChI is InChI=1S/C23H36N2O8S/c1-15(2)12-19-22(26)25(32-14-30-5)23(27)20(21(16(3)4)33-34(7,28)29)24(19)13-17-8-10-18(31-6)11-9-17/h8-11,15-16,19-21H,12-14H2,1-7H3/t19-,20-,21+/m0/s1. The largest absolute Gasteiger partial charge is 0.497 e. The molecule has 0 spiro atoms. The highest BCUT2D eigenvalue weighted by Crippen LogP contribution is 2.31. The molecule has 1 saturated heterocycles. The summed E-state index contributed by atoms with van der Waals surface area (Å²) in [6, 6.07) is 5.42. The van der Waals surface area contributed by atoms with Crippen molar-refractivity contribution in [3.8, 4) is 5.75 Å². The lowest BCUT2D eigenvalue weighted by atomic mass is 9.90. The van der Waals surface area contributed by atoms with Crippen molar-refractivity contribution in [1.29, 1.82) is 0 Å². The fraction of sp³-hybridized carbons (Fsp3) is 0.652. The zero-order valence-corrected chi connectivity index (χ0v) is 21.7. The van der Waals surface area contributed by atoms with E-state index in [1.807, 2.05) is 26.0 Å². The van der Waals surface area contributed by atoms with E-state index in [0.717, 1.165) is 11.8 Å². The fourth-order valence-electron chi connectivity index (χ4n) is 3.97. The summed E-state index contributed by atoms with van der Waals surface area (Å²) in [5.74, 6) is -0.803. The first kappa shape index (κ1) is 28.2. The van der Waals surface area contributed by atoms with Gasteiger partial charge in [0.1, 0.15) is 17.9 Å². The number of hydrogen-bond donors (Lipinski definition) is 0. The van der Waals surface area contributed by atoms with Crippen LogP contribution in [0.4, 0.5) is 0 Å². The van der Waals surface area contributed by atoms with Crippen LogP contribution in [0.2, 0.25) is 0 Å². The number of piperazine rings is 1. The molecule has 0 radical (unpaired) electrons. The van der Waals surface area contributed by atoms with Crippen molar-refractivity contribution >= 4 is 21.9 Å². The molecule has 3 atom stereocenters. The number of rotatable bonds is 12. The number of carbonyl (C=O) groups is 2. The highest BCUT2D eigenvalue weighted by atomic mass is 32.2. The second-order valence-corrected chi connectivity index (χ2v) is 10.7. The number of carbonyl (C=O) groups excluding carboxylic acids is 2. The highest BCUT2D eigenvalue weighted by molar-refractivity contribution is 7.86. The molecule has 0 aliphatic carbocycles. The summed E-state index contributed by atoms with van der Waals surface area (Å²) in [5.41, 5.74) is 0.827. The summed E-state index contributed by atoms with van der Waals surface area (Å²) in [5, 5.41) is 0.701. The van der Waals surface area contributed by atoms with Crippen molar-refractivity contribution in [2.45, 2.75) is 58.8 Å². The van der Waals surface area contributed by atoms with Gasteiger partial charge in [0.2, 0.25) is 0 Å². The molecule has 1 aromatic rings. The van der Waals surface area contributed by atoms with Gasteiger partial charge in [-0.15, -0.1) is 5.06 Å². The van der Waals surface area contributed by atoms with Crippen LogP contribution >= 0.6 is 0 Å². The summed E-state index contributed by atoms with van der Waals surface area (Å²) >= 11 is 0. The second-order valence-electron chi connectivity index (χ2n) is 9.13. The van der Waals surface area contributed by atoms with Gasteiger partial charge in [0.05, 0.1) is 19.4 Å². The van der Waals surface area contributed by atoms with Crippen LogP contribution in [-0.2, 0) is 40.0 Å². The van der Waals surface area contributed by atoms with Gasteiger partial charge in [-0.3, -0.25) is 18.7 Å². The SMILES string of the molecule is COCON1C(=O)[C@H]([C@H](OS(C)(=O)=O)C(C)C)N(Cc2ccc(OC)cc2)[C@@H](CC(C)C)C1=O. The van der Waals surface area contributed by atoms with Crippen LogP contribution in [0.5, 0.6) is 5.75 Å². The van der Waals surface area contributed by atoms with Crippen molar-refractivity contribution < 1.29 is 36.5 Å². The quantitative estimate of drug-likeness (QED) is 0.242. The van der Waals surface area contributed by atoms with E-state index >= 15 is 0 Å². The Labute approximate surface area is 202 Å². The van der Waals surface area contributed by atoms with Gasteiger partial charge in [-0.05, 0) is 36.0 Å². The monoisotopic (exact) mass is 500 g/mol. The van der Waals surface area contributed by atoms with Gasteiger partial charge in [0.15, 0.2) is 6.79 Å². The lowest BCUT2D eigenvalue weighted by Crippen LogP contribution is -2.68. The van der Waals surface area contributed by atoms with Crippen molar-refractivity contribution in [2.24, 2.45) is 11.8 Å². The fourth-order valence-corrected chi connectivity index (χ4v) is 4.70. The van der Waals surface area contributed by atoms with E-state index in [-0.39, 0.29) is 25.2 Å². The van der Waals surface area contributed by atoms with E-state index in [0.29, 0.717) is 17.2 Å². The molecule has 10 nitrogen and oxygen atoms in total. The Bertz CT molecular complexity index is 933. The third kappa shape index (κ3) is 7.22. The molecule has 2 rings (SSSR count). The van der Waals surface area contributed by atoms with Crippen molar-refractivity contribution in [3.63, 3.8) is 0 Å².